The third kappa shape index (κ3) is 3.77. The Labute approximate surface area is 105 Å². The molecule has 0 aliphatic rings. The molecule has 0 aliphatic heterocycles. The number of hydrogen-bond donors (Lipinski definition) is 2. The number of aliphatic hydroxyl groups excluding tert-OH is 1. The molecule has 16 heavy (non-hydrogen) atoms. The predicted molar refractivity (Wildman–Crippen MR) is 70.0 cm³/mol. The summed E-state index contributed by atoms with van der Waals surface area (Å²) in [6.07, 6.45) is -0.479. The summed E-state index contributed by atoms with van der Waals surface area (Å²) in [6, 6.07) is 4.11. The Kier molecular flexibility index (Phi) is 5.25. The van der Waals surface area contributed by atoms with E-state index < -0.39 is 6.10 Å². The van der Waals surface area contributed by atoms with Gasteiger partial charge in [-0.15, -0.1) is 0 Å². The highest BCUT2D eigenvalue weighted by atomic mass is 79.9. The summed E-state index contributed by atoms with van der Waals surface area (Å²) in [6.45, 7) is 4.93. The van der Waals surface area contributed by atoms with Crippen LogP contribution in [0.4, 0.5) is 5.69 Å². The lowest BCUT2D eigenvalue weighted by Gasteiger charge is -2.16. The van der Waals surface area contributed by atoms with Crippen molar-refractivity contribution in [2.75, 3.05) is 25.6 Å². The van der Waals surface area contributed by atoms with E-state index in [1.165, 1.54) is 0 Å². The fourth-order valence-electron chi connectivity index (χ4n) is 1.66. The fraction of sp³-hybridized carbons (Fsp3) is 0.500. The predicted octanol–water partition coefficient (Wildman–Crippen LogP) is 2.49. The van der Waals surface area contributed by atoms with Gasteiger partial charge in [0.1, 0.15) is 0 Å². The van der Waals surface area contributed by atoms with Gasteiger partial charge in [0.15, 0.2) is 0 Å². The highest BCUT2D eigenvalue weighted by molar-refractivity contribution is 9.10. The van der Waals surface area contributed by atoms with E-state index in [0.29, 0.717) is 13.2 Å². The fourth-order valence-corrected chi connectivity index (χ4v) is 2.35. The molecular weight excluding hydrogens is 270 g/mol. The van der Waals surface area contributed by atoms with E-state index in [1.54, 1.807) is 7.11 Å². The number of ether oxygens (including phenoxy) is 1. The van der Waals surface area contributed by atoms with Gasteiger partial charge in [-0.1, -0.05) is 15.9 Å². The van der Waals surface area contributed by atoms with Gasteiger partial charge in [-0.25, -0.2) is 0 Å². The van der Waals surface area contributed by atoms with E-state index in [0.717, 1.165) is 21.3 Å². The second-order valence-electron chi connectivity index (χ2n) is 3.90. The van der Waals surface area contributed by atoms with Gasteiger partial charge in [0, 0.05) is 23.8 Å². The van der Waals surface area contributed by atoms with Crippen LogP contribution in [0.5, 0.6) is 0 Å². The van der Waals surface area contributed by atoms with Crippen LogP contribution in [0.1, 0.15) is 11.1 Å². The molecule has 0 saturated heterocycles. The first-order valence-corrected chi connectivity index (χ1v) is 6.01. The molecule has 1 rings (SSSR count). The first-order valence-electron chi connectivity index (χ1n) is 5.22. The molecule has 3 nitrogen and oxygen atoms in total. The Morgan fingerprint density at radius 3 is 2.44 bits per heavy atom. The molecule has 0 radical (unpaired) electrons. The summed E-state index contributed by atoms with van der Waals surface area (Å²) in [4.78, 5) is 0. The van der Waals surface area contributed by atoms with Crippen molar-refractivity contribution in [3.63, 3.8) is 0 Å². The molecule has 0 fully saturated rings. The average Bonchev–Trinajstić information content (AvgIpc) is 2.16. The molecule has 0 heterocycles. The number of aliphatic hydroxyl groups is 1. The Bertz CT molecular complexity index is 332. The van der Waals surface area contributed by atoms with Crippen molar-refractivity contribution in [1.82, 2.24) is 0 Å². The molecule has 1 unspecified atom stereocenters. The molecule has 0 amide bonds. The number of halogens is 1. The van der Waals surface area contributed by atoms with Crippen LogP contribution in [-0.4, -0.2) is 31.5 Å². The molecule has 0 bridgehead atoms. The molecule has 0 aliphatic carbocycles. The quantitative estimate of drug-likeness (QED) is 0.874. The maximum atomic E-state index is 9.55. The zero-order chi connectivity index (χ0) is 12.1. The van der Waals surface area contributed by atoms with Crippen molar-refractivity contribution >= 4 is 21.6 Å². The van der Waals surface area contributed by atoms with E-state index in [1.807, 2.05) is 13.8 Å². The summed E-state index contributed by atoms with van der Waals surface area (Å²) in [7, 11) is 1.58. The molecule has 1 aromatic rings. The molecule has 0 spiro atoms. The zero-order valence-corrected chi connectivity index (χ0v) is 11.5. The Morgan fingerprint density at radius 1 is 1.38 bits per heavy atom. The van der Waals surface area contributed by atoms with Gasteiger partial charge in [0.25, 0.3) is 0 Å². The lowest BCUT2D eigenvalue weighted by Crippen LogP contribution is -2.24. The minimum absolute atomic E-state index is 0.349. The monoisotopic (exact) mass is 287 g/mol. The van der Waals surface area contributed by atoms with Crippen molar-refractivity contribution in [2.45, 2.75) is 20.0 Å². The van der Waals surface area contributed by atoms with E-state index in [-0.39, 0.29) is 0 Å². The normalized spacial score (nSPS) is 12.6. The summed E-state index contributed by atoms with van der Waals surface area (Å²) >= 11 is 3.45. The van der Waals surface area contributed by atoms with Crippen molar-refractivity contribution in [1.29, 1.82) is 0 Å². The molecule has 90 valence electrons. The number of anilines is 1. The molecule has 0 saturated carbocycles. The third-order valence-electron chi connectivity index (χ3n) is 2.37. The van der Waals surface area contributed by atoms with E-state index in [4.69, 9.17) is 4.74 Å². The molecule has 4 heteroatoms. The minimum Gasteiger partial charge on any atom is -0.389 e. The largest absolute Gasteiger partial charge is 0.389 e. The van der Waals surface area contributed by atoms with Crippen LogP contribution in [0.25, 0.3) is 0 Å². The van der Waals surface area contributed by atoms with Gasteiger partial charge in [-0.2, -0.15) is 0 Å². The topological polar surface area (TPSA) is 41.5 Å². The van der Waals surface area contributed by atoms with E-state index in [9.17, 15) is 5.11 Å². The van der Waals surface area contributed by atoms with E-state index in [2.05, 4.69) is 33.4 Å². The third-order valence-corrected chi connectivity index (χ3v) is 2.83. The van der Waals surface area contributed by atoms with Gasteiger partial charge < -0.3 is 15.2 Å². The molecular formula is C12H18BrNO2. The summed E-state index contributed by atoms with van der Waals surface area (Å²) < 4.78 is 5.95. The number of benzene rings is 1. The van der Waals surface area contributed by atoms with Crippen LogP contribution in [0.2, 0.25) is 0 Å². The maximum Gasteiger partial charge on any atom is 0.0945 e. The zero-order valence-electron chi connectivity index (χ0n) is 9.88. The van der Waals surface area contributed by atoms with Crippen LogP contribution >= 0.6 is 15.9 Å². The Balaban J connectivity index is 2.67. The molecule has 1 atom stereocenters. The van der Waals surface area contributed by atoms with Crippen LogP contribution in [0.15, 0.2) is 16.6 Å². The number of aryl methyl sites for hydroxylation is 2. The SMILES string of the molecule is COCC(O)CNc1c(C)cc(Br)cc1C. The summed E-state index contributed by atoms with van der Waals surface area (Å²) in [5.74, 6) is 0. The van der Waals surface area contributed by atoms with Gasteiger partial charge >= 0.3 is 0 Å². The maximum absolute atomic E-state index is 9.55. The lowest BCUT2D eigenvalue weighted by atomic mass is 10.1. The van der Waals surface area contributed by atoms with E-state index >= 15 is 0 Å². The standard InChI is InChI=1S/C12H18BrNO2/c1-8-4-10(13)5-9(2)12(8)14-6-11(15)7-16-3/h4-5,11,14-15H,6-7H2,1-3H3. The van der Waals surface area contributed by atoms with Gasteiger partial charge in [0.05, 0.1) is 12.7 Å². The van der Waals surface area contributed by atoms with Crippen molar-refractivity contribution in [3.05, 3.63) is 27.7 Å². The number of nitrogens with one attached hydrogen (secondary N) is 1. The highest BCUT2D eigenvalue weighted by Gasteiger charge is 2.07. The number of rotatable bonds is 5. The van der Waals surface area contributed by atoms with Gasteiger partial charge in [0.2, 0.25) is 0 Å². The van der Waals surface area contributed by atoms with Crippen LogP contribution in [-0.2, 0) is 4.74 Å². The lowest BCUT2D eigenvalue weighted by molar-refractivity contribution is 0.0727. The first-order chi connectivity index (χ1) is 7.54. The van der Waals surface area contributed by atoms with Crippen molar-refractivity contribution in [2.24, 2.45) is 0 Å². The Morgan fingerprint density at radius 2 is 1.94 bits per heavy atom. The van der Waals surface area contributed by atoms with Gasteiger partial charge in [-0.05, 0) is 37.1 Å². The minimum atomic E-state index is -0.479. The summed E-state index contributed by atoms with van der Waals surface area (Å²) in [5, 5.41) is 12.8. The van der Waals surface area contributed by atoms with Gasteiger partial charge in [-0.3, -0.25) is 0 Å². The second kappa shape index (κ2) is 6.23. The van der Waals surface area contributed by atoms with Crippen LogP contribution in [0, 0.1) is 13.8 Å². The average molecular weight is 288 g/mol. The van der Waals surface area contributed by atoms with Crippen molar-refractivity contribution < 1.29 is 9.84 Å². The van der Waals surface area contributed by atoms with Crippen LogP contribution in [0.3, 0.4) is 0 Å². The van der Waals surface area contributed by atoms with Crippen LogP contribution < -0.4 is 5.32 Å². The summed E-state index contributed by atoms with van der Waals surface area (Å²) in [5.41, 5.74) is 3.41. The Hall–Kier alpha value is -0.580. The van der Waals surface area contributed by atoms with Crippen molar-refractivity contribution in [3.8, 4) is 0 Å². The number of methoxy groups -OCH3 is 1. The number of hydrogen-bond acceptors (Lipinski definition) is 3. The smallest absolute Gasteiger partial charge is 0.0945 e. The molecule has 0 aromatic heterocycles. The molecule has 1 aromatic carbocycles. The first kappa shape index (κ1) is 13.5. The highest BCUT2D eigenvalue weighted by Crippen LogP contribution is 2.24. The second-order valence-corrected chi connectivity index (χ2v) is 4.82. The molecule has 2 N–H and O–H groups in total.